The van der Waals surface area contributed by atoms with Gasteiger partial charge in [0, 0.05) is 16.6 Å². The number of amides is 1. The molecule has 0 saturated heterocycles. The summed E-state index contributed by atoms with van der Waals surface area (Å²) in [6, 6.07) is 9.66. The SMILES string of the molecule is CSc1ccc([N+](=O)[O-])c(C(=O)Nc2ccc(-n3cnnn3)c(C)c2)c1. The van der Waals surface area contributed by atoms with Crippen LogP contribution in [0.1, 0.15) is 15.9 Å². The van der Waals surface area contributed by atoms with Crippen LogP contribution in [-0.4, -0.2) is 37.3 Å². The molecule has 1 heterocycles. The quantitative estimate of drug-likeness (QED) is 0.417. The van der Waals surface area contributed by atoms with Crippen molar-refractivity contribution in [3.63, 3.8) is 0 Å². The Hall–Kier alpha value is -3.27. The summed E-state index contributed by atoms with van der Waals surface area (Å²) in [4.78, 5) is 24.0. The first-order valence-electron chi connectivity index (χ1n) is 7.47. The van der Waals surface area contributed by atoms with Gasteiger partial charge in [-0.05, 0) is 59.5 Å². The first-order valence-corrected chi connectivity index (χ1v) is 8.70. The number of aromatic nitrogens is 4. The second kappa shape index (κ2) is 7.31. The molecule has 0 aliphatic heterocycles. The lowest BCUT2D eigenvalue weighted by molar-refractivity contribution is -0.385. The van der Waals surface area contributed by atoms with Crippen LogP contribution >= 0.6 is 11.8 Å². The van der Waals surface area contributed by atoms with E-state index >= 15 is 0 Å². The highest BCUT2D eigenvalue weighted by atomic mass is 32.2. The van der Waals surface area contributed by atoms with Gasteiger partial charge in [-0.3, -0.25) is 14.9 Å². The van der Waals surface area contributed by atoms with E-state index in [-0.39, 0.29) is 11.3 Å². The zero-order valence-corrected chi connectivity index (χ0v) is 14.7. The number of hydrogen-bond acceptors (Lipinski definition) is 7. The molecule has 1 N–H and O–H groups in total. The number of hydrogen-bond donors (Lipinski definition) is 1. The van der Waals surface area contributed by atoms with Crippen molar-refractivity contribution < 1.29 is 9.72 Å². The van der Waals surface area contributed by atoms with Crippen molar-refractivity contribution in [1.29, 1.82) is 0 Å². The second-order valence-electron chi connectivity index (χ2n) is 5.35. The molecule has 2 aromatic carbocycles. The van der Waals surface area contributed by atoms with Gasteiger partial charge >= 0.3 is 0 Å². The summed E-state index contributed by atoms with van der Waals surface area (Å²) in [6.45, 7) is 1.85. The van der Waals surface area contributed by atoms with Gasteiger partial charge < -0.3 is 5.32 Å². The molecule has 132 valence electrons. The maximum Gasteiger partial charge on any atom is 0.282 e. The fourth-order valence-electron chi connectivity index (χ4n) is 2.44. The van der Waals surface area contributed by atoms with Crippen molar-refractivity contribution in [2.75, 3.05) is 11.6 Å². The minimum atomic E-state index is -0.564. The van der Waals surface area contributed by atoms with Crippen LogP contribution in [0.4, 0.5) is 11.4 Å². The predicted octanol–water partition coefficient (Wildman–Crippen LogP) is 2.85. The van der Waals surface area contributed by atoms with Crippen LogP contribution in [0.2, 0.25) is 0 Å². The van der Waals surface area contributed by atoms with Crippen LogP contribution in [0.5, 0.6) is 0 Å². The molecular weight excluding hydrogens is 356 g/mol. The van der Waals surface area contributed by atoms with Gasteiger partial charge in [0.15, 0.2) is 0 Å². The van der Waals surface area contributed by atoms with Crippen LogP contribution in [0.15, 0.2) is 47.6 Å². The van der Waals surface area contributed by atoms with E-state index in [0.717, 1.165) is 16.1 Å². The zero-order valence-electron chi connectivity index (χ0n) is 13.9. The summed E-state index contributed by atoms with van der Waals surface area (Å²) in [5.74, 6) is -0.540. The van der Waals surface area contributed by atoms with Crippen molar-refractivity contribution in [2.45, 2.75) is 11.8 Å². The number of rotatable bonds is 5. The third kappa shape index (κ3) is 3.54. The molecule has 0 fully saturated rings. The van der Waals surface area contributed by atoms with Crippen molar-refractivity contribution in [2.24, 2.45) is 0 Å². The van der Waals surface area contributed by atoms with E-state index in [2.05, 4.69) is 20.8 Å². The maximum absolute atomic E-state index is 12.6. The molecule has 0 aliphatic carbocycles. The summed E-state index contributed by atoms with van der Waals surface area (Å²) in [6.07, 6.45) is 3.31. The fourth-order valence-corrected chi connectivity index (χ4v) is 2.88. The van der Waals surface area contributed by atoms with E-state index in [9.17, 15) is 14.9 Å². The van der Waals surface area contributed by atoms with Crippen molar-refractivity contribution in [3.8, 4) is 5.69 Å². The Balaban J connectivity index is 1.89. The number of nitro groups is 1. The van der Waals surface area contributed by atoms with Crippen LogP contribution in [0.3, 0.4) is 0 Å². The molecule has 1 aromatic heterocycles. The van der Waals surface area contributed by atoms with Crippen LogP contribution in [-0.2, 0) is 0 Å². The molecule has 10 heteroatoms. The molecule has 3 rings (SSSR count). The molecule has 0 saturated carbocycles. The Bertz CT molecular complexity index is 974. The van der Waals surface area contributed by atoms with Crippen molar-refractivity contribution >= 4 is 29.0 Å². The molecule has 0 atom stereocenters. The third-order valence-corrected chi connectivity index (χ3v) is 4.42. The standard InChI is InChI=1S/C16H14N6O3S/c1-10-7-11(3-5-14(10)21-9-17-19-20-21)18-16(23)13-8-12(26-2)4-6-15(13)22(24)25/h3-9H,1-2H3,(H,18,23). The average molecular weight is 370 g/mol. The maximum atomic E-state index is 12.6. The summed E-state index contributed by atoms with van der Waals surface area (Å²) < 4.78 is 1.51. The highest BCUT2D eigenvalue weighted by Gasteiger charge is 2.21. The van der Waals surface area contributed by atoms with Gasteiger partial charge in [0.1, 0.15) is 11.9 Å². The first kappa shape index (κ1) is 17.5. The Labute approximate surface area is 152 Å². The number of benzene rings is 2. The highest BCUT2D eigenvalue weighted by molar-refractivity contribution is 7.98. The van der Waals surface area contributed by atoms with Gasteiger partial charge in [0.25, 0.3) is 11.6 Å². The van der Waals surface area contributed by atoms with E-state index < -0.39 is 10.8 Å². The molecule has 0 aliphatic rings. The number of thioether (sulfide) groups is 1. The normalized spacial score (nSPS) is 10.5. The largest absolute Gasteiger partial charge is 0.322 e. The molecule has 0 unspecified atom stereocenters. The second-order valence-corrected chi connectivity index (χ2v) is 6.23. The monoisotopic (exact) mass is 370 g/mol. The van der Waals surface area contributed by atoms with Gasteiger partial charge in [-0.15, -0.1) is 16.9 Å². The molecule has 26 heavy (non-hydrogen) atoms. The summed E-state index contributed by atoms with van der Waals surface area (Å²) in [7, 11) is 0. The molecule has 3 aromatic rings. The minimum absolute atomic E-state index is 0.0176. The van der Waals surface area contributed by atoms with Gasteiger partial charge in [0.2, 0.25) is 0 Å². The van der Waals surface area contributed by atoms with Gasteiger partial charge in [-0.2, -0.15) is 0 Å². The minimum Gasteiger partial charge on any atom is -0.322 e. The number of carbonyl (C=O) groups is 1. The summed E-state index contributed by atoms with van der Waals surface area (Å²) in [5.41, 5.74) is 1.91. The lowest BCUT2D eigenvalue weighted by Crippen LogP contribution is -2.14. The predicted molar refractivity (Wildman–Crippen MR) is 96.7 cm³/mol. The lowest BCUT2D eigenvalue weighted by Gasteiger charge is -2.10. The van der Waals surface area contributed by atoms with Crippen LogP contribution < -0.4 is 5.32 Å². The van der Waals surface area contributed by atoms with Crippen LogP contribution in [0.25, 0.3) is 5.69 Å². The van der Waals surface area contributed by atoms with E-state index in [1.165, 1.54) is 34.9 Å². The molecule has 0 spiro atoms. The lowest BCUT2D eigenvalue weighted by atomic mass is 10.1. The third-order valence-electron chi connectivity index (χ3n) is 3.70. The Morgan fingerprint density at radius 2 is 2.08 bits per heavy atom. The number of nitro benzene ring substituents is 1. The average Bonchev–Trinajstić information content (AvgIpc) is 3.15. The molecular formula is C16H14N6O3S. The Morgan fingerprint density at radius 3 is 2.69 bits per heavy atom. The first-order chi connectivity index (χ1) is 12.5. The zero-order chi connectivity index (χ0) is 18.7. The number of tetrazole rings is 1. The number of carbonyl (C=O) groups excluding carboxylic acids is 1. The topological polar surface area (TPSA) is 116 Å². The van der Waals surface area contributed by atoms with E-state index in [1.807, 2.05) is 13.2 Å². The Kier molecular flexibility index (Phi) is 4.94. The smallest absolute Gasteiger partial charge is 0.282 e. The molecule has 1 amide bonds. The number of anilines is 1. The highest BCUT2D eigenvalue weighted by Crippen LogP contribution is 2.26. The fraction of sp³-hybridized carbons (Fsp3) is 0.125. The molecule has 0 bridgehead atoms. The van der Waals surface area contributed by atoms with Crippen molar-refractivity contribution in [3.05, 3.63) is 64.0 Å². The van der Waals surface area contributed by atoms with E-state index in [4.69, 9.17) is 0 Å². The van der Waals surface area contributed by atoms with E-state index in [0.29, 0.717) is 5.69 Å². The van der Waals surface area contributed by atoms with Gasteiger partial charge in [-0.1, -0.05) is 0 Å². The molecule has 0 radical (unpaired) electrons. The van der Waals surface area contributed by atoms with Gasteiger partial charge in [-0.25, -0.2) is 4.68 Å². The molecule has 9 nitrogen and oxygen atoms in total. The number of nitrogens with one attached hydrogen (secondary N) is 1. The number of aryl methyl sites for hydroxylation is 1. The van der Waals surface area contributed by atoms with E-state index in [1.54, 1.807) is 24.3 Å². The van der Waals surface area contributed by atoms with Crippen molar-refractivity contribution in [1.82, 2.24) is 20.2 Å². The summed E-state index contributed by atoms with van der Waals surface area (Å²) in [5, 5.41) is 24.9. The Morgan fingerprint density at radius 1 is 1.27 bits per heavy atom. The van der Waals surface area contributed by atoms with Crippen LogP contribution in [0, 0.1) is 17.0 Å². The summed E-state index contributed by atoms with van der Waals surface area (Å²) >= 11 is 1.41. The number of nitrogens with zero attached hydrogens (tertiary/aromatic N) is 5. The van der Waals surface area contributed by atoms with Gasteiger partial charge in [0.05, 0.1) is 10.6 Å².